The highest BCUT2D eigenvalue weighted by atomic mass is 31.2. The van der Waals surface area contributed by atoms with Crippen molar-refractivity contribution in [3.05, 3.63) is 122 Å². The molecule has 10 nitrogen and oxygen atoms in total. The lowest BCUT2D eigenvalue weighted by atomic mass is 10.2. The molecule has 0 aliphatic rings. The Balaban J connectivity index is 4.49. The molecule has 0 saturated carbocycles. The molecule has 0 rings (SSSR count). The Bertz CT molecular complexity index is 1340. The van der Waals surface area contributed by atoms with Crippen LogP contribution in [0.1, 0.15) is 110 Å². The van der Waals surface area contributed by atoms with E-state index in [1.165, 1.54) is 0 Å². The summed E-state index contributed by atoms with van der Waals surface area (Å²) in [5, 5.41) is 10.00. The van der Waals surface area contributed by atoms with Crippen molar-refractivity contribution in [1.29, 1.82) is 0 Å². The zero-order valence-electron chi connectivity index (χ0n) is 33.9. The van der Waals surface area contributed by atoms with Gasteiger partial charge in [-0.2, -0.15) is 0 Å². The molecule has 0 aromatic heterocycles. The molecule has 0 aromatic rings. The van der Waals surface area contributed by atoms with Crippen molar-refractivity contribution in [2.45, 2.75) is 122 Å². The number of phosphoric ester groups is 1. The first kappa shape index (κ1) is 52.4. The van der Waals surface area contributed by atoms with Crippen LogP contribution in [0.3, 0.4) is 0 Å². The topological polar surface area (TPSA) is 155 Å². The van der Waals surface area contributed by atoms with Crippen LogP contribution < -0.4 is 5.73 Å². The lowest BCUT2D eigenvalue weighted by molar-refractivity contribution is -0.161. The molecule has 56 heavy (non-hydrogen) atoms. The van der Waals surface area contributed by atoms with E-state index in [0.29, 0.717) is 38.5 Å². The molecule has 0 aromatic carbocycles. The van der Waals surface area contributed by atoms with Crippen molar-refractivity contribution in [2.75, 3.05) is 26.4 Å². The summed E-state index contributed by atoms with van der Waals surface area (Å²) in [5.74, 6) is -1.02. The molecule has 0 heterocycles. The van der Waals surface area contributed by atoms with Crippen LogP contribution in [0.25, 0.3) is 0 Å². The monoisotopic (exact) mass is 799 g/mol. The smallest absolute Gasteiger partial charge is 0.462 e. The number of hydrogen-bond acceptors (Lipinski definition) is 9. The van der Waals surface area contributed by atoms with Crippen LogP contribution in [-0.4, -0.2) is 60.5 Å². The molecule has 0 bridgehead atoms. The zero-order chi connectivity index (χ0) is 41.2. The van der Waals surface area contributed by atoms with Crippen molar-refractivity contribution >= 4 is 19.8 Å². The Hall–Kier alpha value is -3.63. The largest absolute Gasteiger partial charge is 0.472 e. The van der Waals surface area contributed by atoms with E-state index in [0.717, 1.165) is 44.9 Å². The van der Waals surface area contributed by atoms with Crippen LogP contribution in [-0.2, 0) is 32.7 Å². The molecule has 0 saturated heterocycles. The van der Waals surface area contributed by atoms with Gasteiger partial charge in [0.15, 0.2) is 6.10 Å². The van der Waals surface area contributed by atoms with E-state index < -0.39 is 38.6 Å². The van der Waals surface area contributed by atoms with Crippen LogP contribution >= 0.6 is 7.82 Å². The lowest BCUT2D eigenvalue weighted by Crippen LogP contribution is -2.29. The summed E-state index contributed by atoms with van der Waals surface area (Å²) < 4.78 is 32.5. The third-order valence-corrected chi connectivity index (χ3v) is 8.41. The van der Waals surface area contributed by atoms with Crippen molar-refractivity contribution in [3.8, 4) is 0 Å². The van der Waals surface area contributed by atoms with Crippen molar-refractivity contribution < 1.29 is 42.7 Å². The van der Waals surface area contributed by atoms with E-state index in [9.17, 15) is 24.2 Å². The van der Waals surface area contributed by atoms with Crippen LogP contribution in [0.4, 0.5) is 0 Å². The summed E-state index contributed by atoms with van der Waals surface area (Å²) in [7, 11) is -4.43. The van der Waals surface area contributed by atoms with Crippen LogP contribution in [0.2, 0.25) is 0 Å². The minimum absolute atomic E-state index is 0.0200. The highest BCUT2D eigenvalue weighted by molar-refractivity contribution is 7.47. The maximum Gasteiger partial charge on any atom is 0.472 e. The number of ether oxygens (including phenoxy) is 2. The molecular weight excluding hydrogens is 729 g/mol. The first-order chi connectivity index (χ1) is 27.2. The number of unbranched alkanes of at least 4 members (excludes halogenated alkanes) is 2. The Morgan fingerprint density at radius 2 is 1.11 bits per heavy atom. The van der Waals surface area contributed by atoms with Crippen LogP contribution in [0.15, 0.2) is 122 Å². The van der Waals surface area contributed by atoms with E-state index in [-0.39, 0.29) is 32.6 Å². The van der Waals surface area contributed by atoms with Gasteiger partial charge in [0.2, 0.25) is 0 Å². The summed E-state index contributed by atoms with van der Waals surface area (Å²) in [4.78, 5) is 34.8. The number of esters is 2. The van der Waals surface area contributed by atoms with Gasteiger partial charge in [-0.05, 0) is 83.5 Å². The average molecular weight is 800 g/mol. The highest BCUT2D eigenvalue weighted by Gasteiger charge is 2.25. The molecule has 11 heteroatoms. The minimum Gasteiger partial charge on any atom is -0.462 e. The van der Waals surface area contributed by atoms with Crippen molar-refractivity contribution in [1.82, 2.24) is 0 Å². The standard InChI is InChI=1S/C45H70NO9P/c1-3-5-7-9-11-12-13-14-15-16-17-18-19-20-25-29-33-37-45(49)55-43(41-54-56(50,51)53-39-38-46)40-52-44(48)36-32-28-24-22-21-23-27-31-35-42(47)34-30-26-10-8-6-4-2/h5-8,11-12,14-15,17-18,20,22-27,30-31,35,42-43,47H,3-4,9-10,13,16,19,21,28-29,32-34,36-41,46H2,1-2H3,(H,50,51)/b7-5-,8-6-,12-11-,15-14-,18-17-,24-22-,25-20-,27-23-,30-26-,35-31+/t42?,43-/m1/s1. The number of phosphoric acid groups is 1. The second-order valence-electron chi connectivity index (χ2n) is 12.6. The first-order valence-corrected chi connectivity index (χ1v) is 21.6. The summed E-state index contributed by atoms with van der Waals surface area (Å²) in [6.07, 6.45) is 49.9. The molecule has 314 valence electrons. The fraction of sp³-hybridized carbons (Fsp3) is 0.511. The van der Waals surface area contributed by atoms with Gasteiger partial charge >= 0.3 is 19.8 Å². The number of carbonyl (C=O) groups is 2. The molecule has 0 fully saturated rings. The minimum atomic E-state index is -4.43. The molecule has 0 radical (unpaired) electrons. The average Bonchev–Trinajstić information content (AvgIpc) is 3.18. The van der Waals surface area contributed by atoms with E-state index in [1.807, 2.05) is 54.7 Å². The van der Waals surface area contributed by atoms with Gasteiger partial charge in [-0.25, -0.2) is 4.57 Å². The molecule has 0 spiro atoms. The van der Waals surface area contributed by atoms with Gasteiger partial charge in [0.1, 0.15) is 6.61 Å². The number of allylic oxidation sites excluding steroid dienone is 18. The van der Waals surface area contributed by atoms with Crippen LogP contribution in [0, 0.1) is 0 Å². The van der Waals surface area contributed by atoms with Crippen molar-refractivity contribution in [2.24, 2.45) is 5.73 Å². The van der Waals surface area contributed by atoms with Gasteiger partial charge in [-0.15, -0.1) is 0 Å². The third kappa shape index (κ3) is 38.6. The fourth-order valence-corrected chi connectivity index (χ4v) is 5.26. The number of aliphatic hydroxyl groups excluding tert-OH is 1. The highest BCUT2D eigenvalue weighted by Crippen LogP contribution is 2.43. The Morgan fingerprint density at radius 3 is 1.64 bits per heavy atom. The van der Waals surface area contributed by atoms with E-state index in [2.05, 4.69) is 74.6 Å². The maximum absolute atomic E-state index is 12.5. The van der Waals surface area contributed by atoms with Gasteiger partial charge in [0, 0.05) is 19.4 Å². The van der Waals surface area contributed by atoms with Crippen molar-refractivity contribution in [3.63, 3.8) is 0 Å². The fourth-order valence-electron chi connectivity index (χ4n) is 4.49. The molecule has 0 aliphatic heterocycles. The van der Waals surface area contributed by atoms with Gasteiger partial charge in [0.25, 0.3) is 0 Å². The Labute approximate surface area is 337 Å². The second kappa shape index (κ2) is 39.6. The number of aliphatic hydroxyl groups is 1. The SMILES string of the molecule is CC/C=C\C/C=C\C/C=C\C/C=C\C/C=C\CCCC(=O)O[C@H](COC(=O)CCC/C=C\C/C=C\C=C\C(O)C/C=C\C/C=C\CC)COP(=O)(O)OCCN. The van der Waals surface area contributed by atoms with Gasteiger partial charge < -0.3 is 25.2 Å². The maximum atomic E-state index is 12.5. The van der Waals surface area contributed by atoms with Gasteiger partial charge in [0.05, 0.1) is 19.3 Å². The van der Waals surface area contributed by atoms with E-state index >= 15 is 0 Å². The Morgan fingerprint density at radius 1 is 0.625 bits per heavy atom. The third-order valence-electron chi connectivity index (χ3n) is 7.42. The molecule has 2 unspecified atom stereocenters. The first-order valence-electron chi connectivity index (χ1n) is 20.1. The normalized spacial score (nSPS) is 15.2. The Kier molecular flexibility index (Phi) is 37.0. The summed E-state index contributed by atoms with van der Waals surface area (Å²) >= 11 is 0. The number of hydrogen-bond donors (Lipinski definition) is 3. The molecule has 3 atom stereocenters. The quantitative estimate of drug-likeness (QED) is 0.0185. The predicted molar refractivity (Wildman–Crippen MR) is 230 cm³/mol. The van der Waals surface area contributed by atoms with Gasteiger partial charge in [-0.1, -0.05) is 135 Å². The zero-order valence-corrected chi connectivity index (χ0v) is 34.8. The summed E-state index contributed by atoms with van der Waals surface area (Å²) in [6.45, 7) is 3.23. The van der Waals surface area contributed by atoms with E-state index in [4.69, 9.17) is 24.3 Å². The molecular formula is C45H70NO9P. The summed E-state index contributed by atoms with van der Waals surface area (Å²) in [5.41, 5.74) is 5.33. The molecule has 0 amide bonds. The van der Waals surface area contributed by atoms with E-state index in [1.54, 1.807) is 6.08 Å². The van der Waals surface area contributed by atoms with Crippen LogP contribution in [0.5, 0.6) is 0 Å². The van der Waals surface area contributed by atoms with Gasteiger partial charge in [-0.3, -0.25) is 18.6 Å². The number of nitrogens with two attached hydrogens (primary N) is 1. The molecule has 0 aliphatic carbocycles. The number of rotatable bonds is 35. The lowest BCUT2D eigenvalue weighted by Gasteiger charge is -2.19. The molecule has 4 N–H and O–H groups in total. The summed E-state index contributed by atoms with van der Waals surface area (Å²) in [6, 6.07) is 0. The number of carbonyl (C=O) groups excluding carboxylic acids is 2. The predicted octanol–water partition coefficient (Wildman–Crippen LogP) is 10.3. The second-order valence-corrected chi connectivity index (χ2v) is 14.0.